The van der Waals surface area contributed by atoms with Crippen LogP contribution >= 0.6 is 0 Å². The molecule has 16 nitrogen and oxygen atoms in total. The van der Waals surface area contributed by atoms with Gasteiger partial charge in [-0.15, -0.1) is 0 Å². The van der Waals surface area contributed by atoms with Crippen LogP contribution in [0.2, 0.25) is 0 Å². The zero-order valence-corrected chi connectivity index (χ0v) is 37.4. The summed E-state index contributed by atoms with van der Waals surface area (Å²) in [7, 11) is 4.25. The lowest BCUT2D eigenvalue weighted by Gasteiger charge is -2.30. The van der Waals surface area contributed by atoms with Crippen molar-refractivity contribution < 1.29 is 43.4 Å². The van der Waals surface area contributed by atoms with Crippen LogP contribution in [-0.4, -0.2) is 100 Å². The van der Waals surface area contributed by atoms with Crippen LogP contribution in [-0.2, 0) is 30.4 Å². The zero-order chi connectivity index (χ0) is 45.5. The second-order valence-electron chi connectivity index (χ2n) is 17.7. The monoisotopic (exact) mass is 883 g/mol. The number of imidazole rings is 2. The third kappa shape index (κ3) is 8.27. The van der Waals surface area contributed by atoms with Gasteiger partial charge in [-0.1, -0.05) is 62.4 Å². The van der Waals surface area contributed by atoms with Gasteiger partial charge in [-0.05, 0) is 78.1 Å². The number of likely N-dealkylation sites (tertiary alicyclic amines) is 2. The number of H-pyrrole nitrogens is 2. The fraction of sp³-hybridized carbons (Fsp3) is 0.388. The van der Waals surface area contributed by atoms with Crippen molar-refractivity contribution in [2.24, 2.45) is 11.8 Å². The first kappa shape index (κ1) is 43.5. The number of fused-ring (bicyclic) bond motifs is 6. The van der Waals surface area contributed by atoms with E-state index >= 15 is 0 Å². The smallest absolute Gasteiger partial charge is 0.488 e. The quantitative estimate of drug-likeness (QED) is 0.109. The van der Waals surface area contributed by atoms with Crippen LogP contribution in [0.3, 0.4) is 0 Å². The van der Waals surface area contributed by atoms with Crippen LogP contribution in [0.1, 0.15) is 80.9 Å². The molecule has 338 valence electrons. The molecular formula is C49H55N8O8+. The highest BCUT2D eigenvalue weighted by atomic mass is 16.5. The minimum Gasteiger partial charge on any atom is -0.488 e. The van der Waals surface area contributed by atoms with Gasteiger partial charge in [0.15, 0.2) is 6.04 Å². The highest BCUT2D eigenvalue weighted by molar-refractivity contribution is 6.07. The predicted octanol–water partition coefficient (Wildman–Crippen LogP) is 6.71. The number of hydrogen-bond acceptors (Lipinski definition) is 10. The first-order valence-corrected chi connectivity index (χ1v) is 22.2. The van der Waals surface area contributed by atoms with E-state index in [2.05, 4.69) is 51.7 Å². The highest BCUT2D eigenvalue weighted by Gasteiger charge is 2.44. The minimum atomic E-state index is -0.954. The van der Waals surface area contributed by atoms with Crippen molar-refractivity contribution in [2.75, 3.05) is 34.5 Å². The van der Waals surface area contributed by atoms with E-state index in [1.807, 2.05) is 68.3 Å². The van der Waals surface area contributed by atoms with Crippen LogP contribution < -0.4 is 15.4 Å². The topological polar surface area (TPSA) is 198 Å². The van der Waals surface area contributed by atoms with Gasteiger partial charge in [-0.2, -0.15) is 4.79 Å². The number of aromatic nitrogens is 4. The van der Waals surface area contributed by atoms with Crippen molar-refractivity contribution in [1.82, 2.24) is 35.1 Å². The molecule has 2 fully saturated rings. The fourth-order valence-corrected chi connectivity index (χ4v) is 9.90. The number of quaternary nitrogens is 1. The number of hydrogen-bond donors (Lipinski definition) is 4. The average Bonchev–Trinajstić information content (AvgIpc) is 4.15. The van der Waals surface area contributed by atoms with Crippen LogP contribution in [0.15, 0.2) is 79.0 Å². The second kappa shape index (κ2) is 18.0. The van der Waals surface area contributed by atoms with Gasteiger partial charge in [-0.25, -0.2) is 20.1 Å². The Morgan fingerprint density at radius 2 is 1.72 bits per heavy atom. The molecule has 0 saturated carbocycles. The minimum absolute atomic E-state index is 0.00445. The molecule has 0 radical (unpaired) electrons. The number of benzene rings is 4. The van der Waals surface area contributed by atoms with Gasteiger partial charge < -0.3 is 44.0 Å². The summed E-state index contributed by atoms with van der Waals surface area (Å²) < 4.78 is 21.8. The number of carbonyl (C=O) groups is 4. The molecule has 65 heavy (non-hydrogen) atoms. The Hall–Kier alpha value is -6.78. The summed E-state index contributed by atoms with van der Waals surface area (Å²) in [6.45, 7) is 7.18. The van der Waals surface area contributed by atoms with Gasteiger partial charge in [0.2, 0.25) is 0 Å². The van der Waals surface area contributed by atoms with Gasteiger partial charge >= 0.3 is 12.2 Å². The van der Waals surface area contributed by atoms with Gasteiger partial charge in [-0.3, -0.25) is 9.59 Å². The molecule has 6 aromatic rings. The van der Waals surface area contributed by atoms with Crippen LogP contribution in [0.4, 0.5) is 9.59 Å². The number of primary amides is 1. The van der Waals surface area contributed by atoms with E-state index in [0.717, 1.165) is 68.3 Å². The predicted molar refractivity (Wildman–Crippen MR) is 241 cm³/mol. The number of nitrogens with zero attached hydrogens (tertiary/aromatic N) is 4. The molecule has 2 aromatic heterocycles. The molecule has 16 heteroatoms. The summed E-state index contributed by atoms with van der Waals surface area (Å²) in [5, 5.41) is 6.05. The number of aromatic amines is 2. The van der Waals surface area contributed by atoms with Crippen molar-refractivity contribution in [2.45, 2.75) is 76.8 Å². The van der Waals surface area contributed by atoms with E-state index in [9.17, 15) is 19.2 Å². The first-order chi connectivity index (χ1) is 31.5. The van der Waals surface area contributed by atoms with Crippen molar-refractivity contribution in [3.8, 4) is 28.1 Å². The summed E-state index contributed by atoms with van der Waals surface area (Å²) in [4.78, 5) is 73.7. The summed E-state index contributed by atoms with van der Waals surface area (Å²) in [5.41, 5.74) is 7.12. The largest absolute Gasteiger partial charge is 0.513 e. The Bertz CT molecular complexity index is 2770. The maximum atomic E-state index is 14.4. The number of rotatable bonds is 11. The van der Waals surface area contributed by atoms with Crippen molar-refractivity contribution >= 4 is 45.8 Å². The second-order valence-corrected chi connectivity index (χ2v) is 17.7. The normalized spacial score (nSPS) is 20.0. The number of nitrogens with one attached hydrogen (secondary N) is 3. The van der Waals surface area contributed by atoms with Gasteiger partial charge in [0.1, 0.15) is 30.0 Å². The standard InChI is InChI=1S/C49H54N8O8/c1-26(2)41(54-48(60)63-5)47(59)57-27(3)12-17-38(57)44-50-22-37(52-44)31-13-15-33-32(19-31)25-65-40-21-34-30(20-35(33)40)14-16-36-43(34)53-45(51-36)39-18-28(24-62-4)23-56(39)46(58)42(55-49(61)64-6)29-10-8-7-9-11-29/h7-11,13-16,19-22,26-28,38-39,41-42H,12,17-18,23-25H2,1-6H3,(H,50,52)(H,51,53)(H,54,60)(H,55,61)/p+1/t27-,28-,38-,39-,41-,42+/m0/s1. The number of methoxy groups -OCH3 is 3. The molecule has 6 atom stereocenters. The van der Waals surface area contributed by atoms with Crippen molar-refractivity contribution in [3.05, 3.63) is 102 Å². The molecule has 0 unspecified atom stereocenters. The van der Waals surface area contributed by atoms with E-state index in [1.165, 1.54) is 19.5 Å². The van der Waals surface area contributed by atoms with E-state index in [4.69, 9.17) is 28.9 Å². The van der Waals surface area contributed by atoms with E-state index < -0.39 is 30.3 Å². The number of ether oxygens (including phenoxy) is 4. The third-order valence-corrected chi connectivity index (χ3v) is 13.2. The maximum Gasteiger partial charge on any atom is 0.513 e. The molecule has 4 aromatic carbocycles. The molecule has 0 spiro atoms. The fourth-order valence-electron chi connectivity index (χ4n) is 9.90. The molecule has 3 aliphatic heterocycles. The first-order valence-electron chi connectivity index (χ1n) is 22.2. The Morgan fingerprint density at radius 1 is 0.908 bits per heavy atom. The Morgan fingerprint density at radius 3 is 2.48 bits per heavy atom. The lowest BCUT2D eigenvalue weighted by molar-refractivity contribution is -0.601. The average molecular weight is 884 g/mol. The molecule has 0 aliphatic carbocycles. The number of nitrogens with two attached hydrogens (primary N) is 1. The number of carbonyl (C=O) groups excluding carboxylic acids is 4. The maximum absolute atomic E-state index is 14.4. The summed E-state index contributed by atoms with van der Waals surface area (Å²) in [6.07, 6.45) is 2.83. The highest BCUT2D eigenvalue weighted by Crippen LogP contribution is 2.44. The third-order valence-electron chi connectivity index (χ3n) is 13.2. The van der Waals surface area contributed by atoms with Crippen molar-refractivity contribution in [3.63, 3.8) is 0 Å². The molecule has 2 saturated heterocycles. The van der Waals surface area contributed by atoms with E-state index in [-0.39, 0.29) is 35.7 Å². The Balaban J connectivity index is 0.981. The molecule has 9 rings (SSSR count). The summed E-state index contributed by atoms with van der Waals surface area (Å²) in [5.74, 6) is 1.73. The lowest BCUT2D eigenvalue weighted by atomic mass is 9.92. The lowest BCUT2D eigenvalue weighted by Crippen LogP contribution is -2.96. The van der Waals surface area contributed by atoms with Gasteiger partial charge in [0.25, 0.3) is 11.8 Å². The summed E-state index contributed by atoms with van der Waals surface area (Å²) >= 11 is 0. The van der Waals surface area contributed by atoms with Gasteiger partial charge in [0.05, 0.1) is 55.8 Å². The Kier molecular flexibility index (Phi) is 12.0. The number of alkyl carbamates (subject to hydrolysis) is 1. The molecule has 5 heterocycles. The van der Waals surface area contributed by atoms with Crippen LogP contribution in [0.25, 0.3) is 44.2 Å². The zero-order valence-electron chi connectivity index (χ0n) is 37.4. The van der Waals surface area contributed by atoms with E-state index in [1.54, 1.807) is 12.0 Å². The van der Waals surface area contributed by atoms with Crippen LogP contribution in [0, 0.1) is 11.8 Å². The molecule has 5 N–H and O–H groups in total. The molecule has 3 aliphatic rings. The number of amides is 4. The molecular weight excluding hydrogens is 829 g/mol. The van der Waals surface area contributed by atoms with Crippen LogP contribution in [0.5, 0.6) is 5.75 Å². The van der Waals surface area contributed by atoms with Gasteiger partial charge in [0, 0.05) is 42.5 Å². The Labute approximate surface area is 376 Å². The SMILES string of the molecule is COC[C@H]1C[C@@H](c2nc3c(ccc4cc5c(cc43)OCc3cc(-c4cnc([C@@H]6CC[C@H](C)N6C(=O)[C@@H]([NH2+]C(=O)OC)C(C)C)[nH]4)ccc3-5)[nH]2)N(C(=O)[C@H](NC(=O)OC)c2ccccc2)C1. The summed E-state index contributed by atoms with van der Waals surface area (Å²) in [6, 6.07) is 21.6. The molecule has 0 bridgehead atoms. The van der Waals surface area contributed by atoms with E-state index in [0.29, 0.717) is 43.4 Å². The molecule has 4 amide bonds. The van der Waals surface area contributed by atoms with Crippen molar-refractivity contribution in [1.29, 1.82) is 0 Å².